The fourth-order valence-corrected chi connectivity index (χ4v) is 0.559. The summed E-state index contributed by atoms with van der Waals surface area (Å²) in [6.45, 7) is 3.58. The second-order valence-corrected chi connectivity index (χ2v) is 1.76. The van der Waals surface area contributed by atoms with E-state index in [0.29, 0.717) is 10.8 Å². The van der Waals surface area contributed by atoms with Crippen molar-refractivity contribution in [3.8, 4) is 0 Å². The average molecular weight is 127 g/mol. The van der Waals surface area contributed by atoms with Gasteiger partial charge in [0.15, 0.2) is 5.11 Å². The van der Waals surface area contributed by atoms with Gasteiger partial charge in [0.05, 0.1) is 11.9 Å². The van der Waals surface area contributed by atoms with Crippen LogP contribution in [0.25, 0.3) is 0 Å². The lowest BCUT2D eigenvalue weighted by atomic mass is 10.5. The van der Waals surface area contributed by atoms with Gasteiger partial charge in [0.2, 0.25) is 0 Å². The van der Waals surface area contributed by atoms with Gasteiger partial charge in [0.25, 0.3) is 0 Å². The first kappa shape index (κ1) is 5.24. The van der Waals surface area contributed by atoms with E-state index in [1.165, 1.54) is 0 Å². The summed E-state index contributed by atoms with van der Waals surface area (Å²) in [6, 6.07) is 0. The van der Waals surface area contributed by atoms with E-state index in [1.807, 2.05) is 0 Å². The molecule has 0 radical (unpaired) electrons. The van der Waals surface area contributed by atoms with Crippen LogP contribution in [0.5, 0.6) is 0 Å². The Bertz CT molecular complexity index is 161. The van der Waals surface area contributed by atoms with E-state index in [-0.39, 0.29) is 0 Å². The van der Waals surface area contributed by atoms with Crippen LogP contribution in [0.3, 0.4) is 0 Å². The Hall–Kier alpha value is -0.900. The number of hydrogen-bond donors (Lipinski definition) is 2. The summed E-state index contributed by atoms with van der Waals surface area (Å²) < 4.78 is 0. The molecule has 0 aromatic carbocycles. The minimum Gasteiger partial charge on any atom is -0.330 e. The van der Waals surface area contributed by atoms with Crippen LogP contribution >= 0.6 is 12.2 Å². The van der Waals surface area contributed by atoms with Gasteiger partial charge in [-0.05, 0) is 12.2 Å². The van der Waals surface area contributed by atoms with Crippen molar-refractivity contribution >= 4 is 23.5 Å². The van der Waals surface area contributed by atoms with E-state index >= 15 is 0 Å². The topological polar surface area (TPSA) is 36.4 Å². The first-order valence-electron chi connectivity index (χ1n) is 2.08. The lowest BCUT2D eigenvalue weighted by Gasteiger charge is -2.09. The Morgan fingerprint density at radius 2 is 2.50 bits per heavy atom. The number of nitrogens with one attached hydrogen (secondary N) is 2. The fraction of sp³-hybridized carbons (Fsp3) is 0. The third-order valence-electron chi connectivity index (χ3n) is 0.661. The Balaban J connectivity index is 2.68. The second-order valence-electron chi connectivity index (χ2n) is 1.35. The summed E-state index contributed by atoms with van der Waals surface area (Å²) >= 11 is 4.69. The number of rotatable bonds is 0. The van der Waals surface area contributed by atoms with E-state index in [1.54, 1.807) is 6.21 Å². The van der Waals surface area contributed by atoms with Crippen molar-refractivity contribution in [3.63, 3.8) is 0 Å². The lowest BCUT2D eigenvalue weighted by molar-refractivity contribution is 0.963. The molecule has 42 valence electrons. The fourth-order valence-electron chi connectivity index (χ4n) is 0.375. The smallest absolute Gasteiger partial charge is 0.191 e. The molecule has 0 atom stereocenters. The molecule has 1 aliphatic heterocycles. The predicted octanol–water partition coefficient (Wildman–Crippen LogP) is -0.0364. The quantitative estimate of drug-likeness (QED) is 0.448. The van der Waals surface area contributed by atoms with E-state index in [0.717, 1.165) is 0 Å². The van der Waals surface area contributed by atoms with Gasteiger partial charge in [-0.15, -0.1) is 0 Å². The third kappa shape index (κ3) is 1.04. The molecule has 3 nitrogen and oxygen atoms in total. The zero-order chi connectivity index (χ0) is 5.98. The second kappa shape index (κ2) is 1.92. The molecule has 0 spiro atoms. The van der Waals surface area contributed by atoms with Crippen LogP contribution in [-0.4, -0.2) is 11.3 Å². The van der Waals surface area contributed by atoms with Gasteiger partial charge in [-0.3, -0.25) is 5.43 Å². The monoisotopic (exact) mass is 127 g/mol. The van der Waals surface area contributed by atoms with Crippen LogP contribution in [0.2, 0.25) is 0 Å². The summed E-state index contributed by atoms with van der Waals surface area (Å²) in [5.41, 5.74) is 3.26. The molecule has 0 fully saturated rings. The average Bonchev–Trinajstić information content (AvgIpc) is 1.64. The third-order valence-corrected chi connectivity index (χ3v) is 0.854. The molecule has 4 heteroatoms. The van der Waals surface area contributed by atoms with Crippen molar-refractivity contribution in [2.45, 2.75) is 0 Å². The molecule has 0 saturated carbocycles. The maximum atomic E-state index is 4.69. The largest absolute Gasteiger partial charge is 0.330 e. The van der Waals surface area contributed by atoms with Crippen molar-refractivity contribution in [2.75, 3.05) is 0 Å². The summed E-state index contributed by atoms with van der Waals surface area (Å²) in [5, 5.41) is 6.91. The molecule has 0 saturated heterocycles. The summed E-state index contributed by atoms with van der Waals surface area (Å²) in [7, 11) is 0. The van der Waals surface area contributed by atoms with Crippen molar-refractivity contribution in [1.82, 2.24) is 10.7 Å². The molecule has 1 rings (SSSR count). The van der Waals surface area contributed by atoms with Crippen LogP contribution < -0.4 is 10.7 Å². The highest BCUT2D eigenvalue weighted by atomic mass is 32.1. The van der Waals surface area contributed by atoms with E-state index < -0.39 is 0 Å². The first-order chi connectivity index (χ1) is 3.79. The molecule has 1 aliphatic rings. The summed E-state index contributed by atoms with van der Waals surface area (Å²) in [4.78, 5) is 0. The van der Waals surface area contributed by atoms with Gasteiger partial charge in [-0.1, -0.05) is 6.58 Å². The van der Waals surface area contributed by atoms with E-state index in [2.05, 4.69) is 34.6 Å². The summed E-state index contributed by atoms with van der Waals surface area (Å²) in [6.07, 6.45) is 1.57. The van der Waals surface area contributed by atoms with Gasteiger partial charge in [-0.25, -0.2) is 0 Å². The molecule has 0 unspecified atom stereocenters. The van der Waals surface area contributed by atoms with E-state index in [4.69, 9.17) is 0 Å². The molecule has 0 aromatic rings. The maximum absolute atomic E-state index is 4.69. The number of nitrogens with zero attached hydrogens (tertiary/aromatic N) is 1. The number of hydrazone groups is 1. The lowest BCUT2D eigenvalue weighted by Crippen LogP contribution is -2.35. The minimum atomic E-state index is 0.498. The Morgan fingerprint density at radius 1 is 1.75 bits per heavy atom. The molecule has 2 N–H and O–H groups in total. The Labute approximate surface area is 52.5 Å². The Morgan fingerprint density at radius 3 is 2.88 bits per heavy atom. The predicted molar refractivity (Wildman–Crippen MR) is 36.5 cm³/mol. The van der Waals surface area contributed by atoms with Crippen LogP contribution in [0.1, 0.15) is 0 Å². The van der Waals surface area contributed by atoms with Crippen LogP contribution in [0.15, 0.2) is 17.4 Å². The highest BCUT2D eigenvalue weighted by molar-refractivity contribution is 7.80. The van der Waals surface area contributed by atoms with Gasteiger partial charge < -0.3 is 5.32 Å². The molecule has 8 heavy (non-hydrogen) atoms. The highest BCUT2D eigenvalue weighted by Gasteiger charge is 1.97. The normalized spacial score (nSPS) is 17.5. The highest BCUT2D eigenvalue weighted by Crippen LogP contribution is 1.83. The maximum Gasteiger partial charge on any atom is 0.191 e. The molecular weight excluding hydrogens is 122 g/mol. The van der Waals surface area contributed by atoms with Crippen molar-refractivity contribution in [3.05, 3.63) is 12.3 Å². The van der Waals surface area contributed by atoms with Gasteiger partial charge in [0, 0.05) is 0 Å². The number of hydrogen-bond acceptors (Lipinski definition) is 2. The number of thiocarbonyl (C=S) groups is 1. The van der Waals surface area contributed by atoms with Gasteiger partial charge in [-0.2, -0.15) is 5.10 Å². The van der Waals surface area contributed by atoms with Crippen LogP contribution in [-0.2, 0) is 0 Å². The molecular formula is C4H5N3S. The summed E-state index contributed by atoms with van der Waals surface area (Å²) in [5.74, 6) is 0. The zero-order valence-corrected chi connectivity index (χ0v) is 4.96. The van der Waals surface area contributed by atoms with Crippen molar-refractivity contribution in [2.24, 2.45) is 5.10 Å². The van der Waals surface area contributed by atoms with Crippen molar-refractivity contribution < 1.29 is 0 Å². The Kier molecular flexibility index (Phi) is 1.26. The van der Waals surface area contributed by atoms with Crippen LogP contribution in [0, 0.1) is 0 Å². The van der Waals surface area contributed by atoms with Crippen molar-refractivity contribution in [1.29, 1.82) is 0 Å². The zero-order valence-electron chi connectivity index (χ0n) is 4.14. The van der Waals surface area contributed by atoms with Gasteiger partial charge >= 0.3 is 0 Å². The van der Waals surface area contributed by atoms with Gasteiger partial charge in [0.1, 0.15) is 0 Å². The molecule has 0 bridgehead atoms. The minimum absolute atomic E-state index is 0.498. The molecule has 0 aromatic heterocycles. The van der Waals surface area contributed by atoms with E-state index in [9.17, 15) is 0 Å². The van der Waals surface area contributed by atoms with Crippen LogP contribution in [0.4, 0.5) is 0 Å². The standard InChI is InChI=1S/C4H5N3S/c1-3-2-5-7-4(8)6-3/h2H,1H2,(H2,6,7,8). The SMILES string of the molecule is C=C1C=NNC(=S)N1. The molecule has 1 heterocycles. The molecule has 0 aliphatic carbocycles. The molecule has 0 amide bonds. The number of allylic oxidation sites excluding steroid dienone is 1. The first-order valence-corrected chi connectivity index (χ1v) is 2.49.